The van der Waals surface area contributed by atoms with Crippen molar-refractivity contribution in [3.63, 3.8) is 0 Å². The van der Waals surface area contributed by atoms with Crippen molar-refractivity contribution in [2.45, 2.75) is 33.7 Å². The fourth-order valence-corrected chi connectivity index (χ4v) is 2.64. The molecule has 3 nitrogen and oxygen atoms in total. The second-order valence-corrected chi connectivity index (χ2v) is 6.91. The van der Waals surface area contributed by atoms with Crippen LogP contribution in [0, 0.1) is 11.3 Å². The van der Waals surface area contributed by atoms with Gasteiger partial charge in [0.15, 0.2) is 0 Å². The number of hydrogen-bond donors (Lipinski definition) is 1. The van der Waals surface area contributed by atoms with Gasteiger partial charge in [0, 0.05) is 13.1 Å². The first kappa shape index (κ1) is 17.0. The maximum Gasteiger partial charge on any atom is 0.118 e. The lowest BCUT2D eigenvalue weighted by Crippen LogP contribution is -2.32. The number of benzene rings is 1. The Morgan fingerprint density at radius 3 is 2.25 bits per heavy atom. The van der Waals surface area contributed by atoms with E-state index in [2.05, 4.69) is 44.9 Å². The maximum atomic E-state index is 5.92. The van der Waals surface area contributed by atoms with Crippen LogP contribution in [0.25, 0.3) is 0 Å². The largest absolute Gasteiger partial charge is 0.497 e. The molecule has 0 aromatic heterocycles. The molecule has 0 radical (unpaired) electrons. The third-order valence-electron chi connectivity index (χ3n) is 3.42. The van der Waals surface area contributed by atoms with Gasteiger partial charge in [0.05, 0.1) is 7.11 Å². The second kappa shape index (κ2) is 7.65. The molecule has 0 saturated carbocycles. The van der Waals surface area contributed by atoms with Gasteiger partial charge >= 0.3 is 0 Å². The van der Waals surface area contributed by atoms with Crippen molar-refractivity contribution in [1.82, 2.24) is 4.90 Å². The van der Waals surface area contributed by atoms with Crippen molar-refractivity contribution < 1.29 is 4.74 Å². The van der Waals surface area contributed by atoms with E-state index in [-0.39, 0.29) is 0 Å². The zero-order valence-electron chi connectivity index (χ0n) is 13.6. The van der Waals surface area contributed by atoms with Gasteiger partial charge in [-0.1, -0.05) is 32.9 Å². The summed E-state index contributed by atoms with van der Waals surface area (Å²) in [5.74, 6) is 1.46. The third kappa shape index (κ3) is 6.40. The number of rotatable bonds is 7. The fraction of sp³-hybridized carbons (Fsp3) is 0.647. The highest BCUT2D eigenvalue weighted by Crippen LogP contribution is 2.24. The highest BCUT2D eigenvalue weighted by molar-refractivity contribution is 5.27. The van der Waals surface area contributed by atoms with E-state index in [0.29, 0.717) is 11.3 Å². The summed E-state index contributed by atoms with van der Waals surface area (Å²) in [5.41, 5.74) is 7.56. The minimum atomic E-state index is 0.338. The summed E-state index contributed by atoms with van der Waals surface area (Å²) in [6.45, 7) is 9.58. The van der Waals surface area contributed by atoms with Crippen LogP contribution in [0.3, 0.4) is 0 Å². The Morgan fingerprint density at radius 2 is 1.80 bits per heavy atom. The standard InChI is InChI=1S/C17H30N2O/c1-17(2,3)10-15(11-18)13-19(4)12-14-6-8-16(20-5)9-7-14/h6-9,15H,10-13,18H2,1-5H3. The van der Waals surface area contributed by atoms with E-state index in [1.165, 1.54) is 5.56 Å². The molecule has 3 heteroatoms. The van der Waals surface area contributed by atoms with Crippen LogP contribution < -0.4 is 10.5 Å². The molecule has 0 aliphatic rings. The molecule has 1 aromatic carbocycles. The van der Waals surface area contributed by atoms with Crippen molar-refractivity contribution in [2.75, 3.05) is 27.2 Å². The first-order chi connectivity index (χ1) is 9.34. The molecule has 0 amide bonds. The summed E-state index contributed by atoms with van der Waals surface area (Å²) in [4.78, 5) is 2.35. The number of ether oxygens (including phenoxy) is 1. The van der Waals surface area contributed by atoms with E-state index < -0.39 is 0 Å². The van der Waals surface area contributed by atoms with E-state index in [1.807, 2.05) is 12.1 Å². The maximum absolute atomic E-state index is 5.92. The number of hydrogen-bond acceptors (Lipinski definition) is 3. The van der Waals surface area contributed by atoms with Gasteiger partial charge in [-0.2, -0.15) is 0 Å². The van der Waals surface area contributed by atoms with E-state index in [0.717, 1.165) is 31.8 Å². The smallest absolute Gasteiger partial charge is 0.118 e. The molecular formula is C17H30N2O. The lowest BCUT2D eigenvalue weighted by atomic mass is 9.84. The van der Waals surface area contributed by atoms with Crippen molar-refractivity contribution in [2.24, 2.45) is 17.1 Å². The topological polar surface area (TPSA) is 38.5 Å². The summed E-state index contributed by atoms with van der Waals surface area (Å²) in [7, 11) is 3.86. The highest BCUT2D eigenvalue weighted by atomic mass is 16.5. The predicted octanol–water partition coefficient (Wildman–Crippen LogP) is 3.14. The molecule has 0 aliphatic carbocycles. The summed E-state index contributed by atoms with van der Waals surface area (Å²) in [6, 6.07) is 8.27. The van der Waals surface area contributed by atoms with Crippen LogP contribution >= 0.6 is 0 Å². The van der Waals surface area contributed by atoms with E-state index in [1.54, 1.807) is 7.11 Å². The monoisotopic (exact) mass is 278 g/mol. The molecule has 0 spiro atoms. The van der Waals surface area contributed by atoms with Crippen LogP contribution in [0.2, 0.25) is 0 Å². The molecule has 1 rings (SSSR count). The van der Waals surface area contributed by atoms with Crippen LogP contribution in [0.15, 0.2) is 24.3 Å². The van der Waals surface area contributed by atoms with Gasteiger partial charge in [-0.3, -0.25) is 0 Å². The number of nitrogens with two attached hydrogens (primary N) is 1. The predicted molar refractivity (Wildman–Crippen MR) is 85.9 cm³/mol. The second-order valence-electron chi connectivity index (χ2n) is 6.91. The normalized spacial score (nSPS) is 13.6. The molecular weight excluding hydrogens is 248 g/mol. The summed E-state index contributed by atoms with van der Waals surface area (Å²) < 4.78 is 5.18. The summed E-state index contributed by atoms with van der Waals surface area (Å²) in [5, 5.41) is 0. The van der Waals surface area contributed by atoms with Gasteiger partial charge in [-0.15, -0.1) is 0 Å². The Kier molecular flexibility index (Phi) is 6.50. The van der Waals surface area contributed by atoms with Gasteiger partial charge in [0.1, 0.15) is 5.75 Å². The lowest BCUT2D eigenvalue weighted by Gasteiger charge is -2.28. The van der Waals surface area contributed by atoms with Crippen molar-refractivity contribution in [3.05, 3.63) is 29.8 Å². The van der Waals surface area contributed by atoms with Crippen molar-refractivity contribution in [3.8, 4) is 5.75 Å². The number of methoxy groups -OCH3 is 1. The van der Waals surface area contributed by atoms with Gasteiger partial charge < -0.3 is 15.4 Å². The Hall–Kier alpha value is -1.06. The van der Waals surface area contributed by atoms with Crippen LogP contribution in [0.1, 0.15) is 32.8 Å². The average molecular weight is 278 g/mol. The van der Waals surface area contributed by atoms with E-state index in [9.17, 15) is 0 Å². The molecule has 0 fully saturated rings. The Bertz CT molecular complexity index is 381. The molecule has 114 valence electrons. The Labute approximate surface area is 124 Å². The zero-order valence-corrected chi connectivity index (χ0v) is 13.6. The van der Waals surface area contributed by atoms with Gasteiger partial charge in [0.25, 0.3) is 0 Å². The molecule has 1 aromatic rings. The van der Waals surface area contributed by atoms with Gasteiger partial charge in [-0.05, 0) is 49.0 Å². The number of nitrogens with zero attached hydrogens (tertiary/aromatic N) is 1. The summed E-state index contributed by atoms with van der Waals surface area (Å²) >= 11 is 0. The Morgan fingerprint density at radius 1 is 1.20 bits per heavy atom. The van der Waals surface area contributed by atoms with Crippen molar-refractivity contribution >= 4 is 0 Å². The van der Waals surface area contributed by atoms with Crippen LogP contribution in [-0.2, 0) is 6.54 Å². The zero-order chi connectivity index (χ0) is 15.2. The minimum absolute atomic E-state index is 0.338. The molecule has 0 bridgehead atoms. The average Bonchev–Trinajstić information content (AvgIpc) is 2.37. The van der Waals surface area contributed by atoms with E-state index in [4.69, 9.17) is 10.5 Å². The Balaban J connectivity index is 2.50. The molecule has 0 saturated heterocycles. The molecule has 0 heterocycles. The molecule has 20 heavy (non-hydrogen) atoms. The first-order valence-corrected chi connectivity index (χ1v) is 7.35. The third-order valence-corrected chi connectivity index (χ3v) is 3.42. The lowest BCUT2D eigenvalue weighted by molar-refractivity contribution is 0.216. The highest BCUT2D eigenvalue weighted by Gasteiger charge is 2.19. The van der Waals surface area contributed by atoms with Crippen LogP contribution in [-0.4, -0.2) is 32.1 Å². The molecule has 1 atom stereocenters. The quantitative estimate of drug-likeness (QED) is 0.832. The molecule has 1 unspecified atom stereocenters. The van der Waals surface area contributed by atoms with Crippen molar-refractivity contribution in [1.29, 1.82) is 0 Å². The molecule has 2 N–H and O–H groups in total. The van der Waals surface area contributed by atoms with Gasteiger partial charge in [-0.25, -0.2) is 0 Å². The minimum Gasteiger partial charge on any atom is -0.497 e. The summed E-state index contributed by atoms with van der Waals surface area (Å²) in [6.07, 6.45) is 1.16. The SMILES string of the molecule is COc1ccc(CN(C)CC(CN)CC(C)(C)C)cc1. The van der Waals surface area contributed by atoms with Crippen LogP contribution in [0.5, 0.6) is 5.75 Å². The van der Waals surface area contributed by atoms with Gasteiger partial charge in [0.2, 0.25) is 0 Å². The molecule has 0 aliphatic heterocycles. The fourth-order valence-electron chi connectivity index (χ4n) is 2.64. The van der Waals surface area contributed by atoms with Crippen LogP contribution in [0.4, 0.5) is 0 Å². The van der Waals surface area contributed by atoms with E-state index >= 15 is 0 Å². The first-order valence-electron chi connectivity index (χ1n) is 7.35.